The topological polar surface area (TPSA) is 43.4 Å². The van der Waals surface area contributed by atoms with Crippen molar-refractivity contribution in [2.24, 2.45) is 0 Å². The van der Waals surface area contributed by atoms with Crippen molar-refractivity contribution in [3.05, 3.63) is 0 Å². The summed E-state index contributed by atoms with van der Waals surface area (Å²) in [6, 6.07) is 0. The summed E-state index contributed by atoms with van der Waals surface area (Å²) in [5, 5.41) is 0. The van der Waals surface area contributed by atoms with E-state index in [0.717, 1.165) is 0 Å². The van der Waals surface area contributed by atoms with Crippen LogP contribution in [0.1, 0.15) is 0 Å². The van der Waals surface area contributed by atoms with Crippen molar-refractivity contribution in [3.8, 4) is 0 Å². The number of rotatable bonds is 3. The third kappa shape index (κ3) is 4.44. The molecule has 74 valence electrons. The first-order valence-electron chi connectivity index (χ1n) is 2.38. The minimum absolute atomic E-state index is 2.24. The van der Waals surface area contributed by atoms with Gasteiger partial charge in [-0.3, -0.25) is 4.18 Å². The minimum atomic E-state index is -5.38. The van der Waals surface area contributed by atoms with Gasteiger partial charge >= 0.3 is 22.1 Å². The molecule has 12 heavy (non-hydrogen) atoms. The van der Waals surface area contributed by atoms with Crippen LogP contribution in [-0.2, 0) is 14.3 Å². The van der Waals surface area contributed by atoms with E-state index in [0.29, 0.717) is 0 Å². The summed E-state index contributed by atoms with van der Waals surface area (Å²) in [5.41, 5.74) is 0. The van der Waals surface area contributed by atoms with Crippen molar-refractivity contribution in [2.75, 3.05) is 6.61 Å². The van der Waals surface area contributed by atoms with Crippen molar-refractivity contribution in [3.63, 3.8) is 0 Å². The van der Waals surface area contributed by atoms with Crippen molar-refractivity contribution in [1.82, 2.24) is 0 Å². The predicted octanol–water partition coefficient (Wildman–Crippen LogP) is 1.12. The molecule has 3 nitrogen and oxygen atoms in total. The van der Waals surface area contributed by atoms with Gasteiger partial charge in [0.05, 0.1) is 0 Å². The Kier molecular flexibility index (Phi) is 3.39. The van der Waals surface area contributed by atoms with Crippen molar-refractivity contribution >= 4 is 10.1 Å². The van der Waals surface area contributed by atoms with E-state index < -0.39 is 28.7 Å². The number of alkyl halides is 5. The number of hydrogen-bond acceptors (Lipinski definition) is 3. The lowest BCUT2D eigenvalue weighted by atomic mass is 10.7. The first kappa shape index (κ1) is 11.6. The lowest BCUT2D eigenvalue weighted by Gasteiger charge is -2.06. The van der Waals surface area contributed by atoms with Crippen LogP contribution < -0.4 is 0 Å². The molecule has 0 unspecified atom stereocenters. The van der Waals surface area contributed by atoms with Crippen LogP contribution in [0.3, 0.4) is 0 Å². The molecule has 0 aliphatic heterocycles. The van der Waals surface area contributed by atoms with Gasteiger partial charge in [0, 0.05) is 0 Å². The van der Waals surface area contributed by atoms with Gasteiger partial charge in [-0.05, 0) is 0 Å². The molecule has 0 heterocycles. The summed E-state index contributed by atoms with van der Waals surface area (Å²) in [5.74, 6) is -3.96. The highest BCUT2D eigenvalue weighted by atomic mass is 32.2. The highest BCUT2D eigenvalue weighted by Crippen LogP contribution is 2.17. The van der Waals surface area contributed by atoms with E-state index in [9.17, 15) is 30.4 Å². The molecule has 0 spiro atoms. The zero-order chi connectivity index (χ0) is 9.99. The Morgan fingerprint density at radius 1 is 1.25 bits per heavy atom. The summed E-state index contributed by atoms with van der Waals surface area (Å²) in [6.45, 7) is -2.24. The Morgan fingerprint density at radius 3 is 1.92 bits per heavy atom. The van der Waals surface area contributed by atoms with Crippen molar-refractivity contribution in [1.29, 1.82) is 0 Å². The van der Waals surface area contributed by atoms with Gasteiger partial charge in [0.1, 0.15) is 0 Å². The van der Waals surface area contributed by atoms with Gasteiger partial charge < -0.3 is 0 Å². The molecule has 0 aromatic carbocycles. The number of halogens is 5. The van der Waals surface area contributed by atoms with Gasteiger partial charge in [-0.15, -0.1) is 0 Å². The van der Waals surface area contributed by atoms with Crippen molar-refractivity contribution < 1.29 is 34.6 Å². The second kappa shape index (κ2) is 3.52. The fourth-order valence-electron chi connectivity index (χ4n) is 0.200. The van der Waals surface area contributed by atoms with E-state index in [-0.39, 0.29) is 0 Å². The van der Waals surface area contributed by atoms with Gasteiger partial charge in [0.2, 0.25) is 0 Å². The van der Waals surface area contributed by atoms with Gasteiger partial charge in [0.25, 0.3) is 0 Å². The Hall–Kier alpha value is -0.440. The zero-order valence-electron chi connectivity index (χ0n) is 5.31. The molecule has 0 rings (SSSR count). The van der Waals surface area contributed by atoms with E-state index in [1.54, 1.807) is 0 Å². The van der Waals surface area contributed by atoms with E-state index in [1.807, 2.05) is 0 Å². The second-order valence-corrected chi connectivity index (χ2v) is 3.21. The lowest BCUT2D eigenvalue weighted by Crippen LogP contribution is -2.23. The molecule has 0 saturated carbocycles. The Bertz CT molecular complexity index is 229. The summed E-state index contributed by atoms with van der Waals surface area (Å²) >= 11 is 0. The molecule has 0 bridgehead atoms. The summed E-state index contributed by atoms with van der Waals surface area (Å²) in [7, 11) is -5.38. The van der Waals surface area contributed by atoms with Crippen molar-refractivity contribution in [2.45, 2.75) is 11.9 Å². The molecule has 0 aromatic heterocycles. The third-order valence-corrected chi connectivity index (χ3v) is 1.49. The third-order valence-electron chi connectivity index (χ3n) is 0.605. The monoisotopic (exact) mass is 214 g/mol. The SMILES string of the molecule is O=S(=O)(OCC(F)(F)F)C(F)F. The standard InChI is InChI=1S/C3H3F5O3S/c4-2(5)12(9,10)11-1-3(6,7)8/h2H,1H2. The fourth-order valence-corrected chi connectivity index (χ4v) is 0.601. The molecule has 0 radical (unpaired) electrons. The predicted molar refractivity (Wildman–Crippen MR) is 26.9 cm³/mol. The summed E-state index contributed by atoms with van der Waals surface area (Å²) in [6.07, 6.45) is -4.94. The molecule has 0 aliphatic rings. The lowest BCUT2D eigenvalue weighted by molar-refractivity contribution is -0.153. The Balaban J connectivity index is 4.12. The summed E-state index contributed by atoms with van der Waals surface area (Å²) < 4.78 is 79.0. The fraction of sp³-hybridized carbons (Fsp3) is 1.00. The highest BCUT2D eigenvalue weighted by Gasteiger charge is 2.34. The van der Waals surface area contributed by atoms with E-state index in [2.05, 4.69) is 4.18 Å². The molecule has 0 saturated heterocycles. The maximum Gasteiger partial charge on any atom is 0.413 e. The average Bonchev–Trinajstić information content (AvgIpc) is 1.82. The largest absolute Gasteiger partial charge is 0.413 e. The molecule has 0 N–H and O–H groups in total. The van der Waals surface area contributed by atoms with Gasteiger partial charge in [0.15, 0.2) is 6.61 Å². The quantitative estimate of drug-likeness (QED) is 0.522. The van der Waals surface area contributed by atoms with Crippen LogP contribution in [0.5, 0.6) is 0 Å². The molecule has 0 aliphatic carbocycles. The molecule has 0 amide bonds. The zero-order valence-corrected chi connectivity index (χ0v) is 6.12. The second-order valence-electron chi connectivity index (χ2n) is 1.63. The molecule has 9 heteroatoms. The molecule has 0 fully saturated rings. The van der Waals surface area contributed by atoms with Crippen LogP contribution in [0.2, 0.25) is 0 Å². The maximum atomic E-state index is 11.3. The number of hydrogen-bond donors (Lipinski definition) is 0. The minimum Gasteiger partial charge on any atom is -0.256 e. The molecule has 0 atom stereocenters. The van der Waals surface area contributed by atoms with E-state index in [1.165, 1.54) is 0 Å². The van der Waals surface area contributed by atoms with Gasteiger partial charge in [-0.2, -0.15) is 30.4 Å². The van der Waals surface area contributed by atoms with Gasteiger partial charge in [-0.1, -0.05) is 0 Å². The first-order chi connectivity index (χ1) is 5.15. The van der Waals surface area contributed by atoms with E-state index >= 15 is 0 Å². The normalized spacial score (nSPS) is 13.8. The van der Waals surface area contributed by atoms with Crippen LogP contribution in [0.15, 0.2) is 0 Å². The smallest absolute Gasteiger partial charge is 0.256 e. The highest BCUT2D eigenvalue weighted by molar-refractivity contribution is 7.87. The van der Waals surface area contributed by atoms with Gasteiger partial charge in [-0.25, -0.2) is 0 Å². The molecular formula is C3H3F5O3S. The Labute approximate surface area is 64.2 Å². The summed E-state index contributed by atoms with van der Waals surface area (Å²) in [4.78, 5) is 0. The van der Waals surface area contributed by atoms with Crippen LogP contribution in [-0.4, -0.2) is 27.0 Å². The Morgan fingerprint density at radius 2 is 1.67 bits per heavy atom. The average molecular weight is 214 g/mol. The van der Waals surface area contributed by atoms with E-state index in [4.69, 9.17) is 0 Å². The maximum absolute atomic E-state index is 11.3. The van der Waals surface area contributed by atoms with Crippen LogP contribution in [0.4, 0.5) is 22.0 Å². The van der Waals surface area contributed by atoms with Crippen LogP contribution in [0.25, 0.3) is 0 Å². The molecule has 0 aromatic rings. The molecular weight excluding hydrogens is 211 g/mol. The van der Waals surface area contributed by atoms with Crippen LogP contribution in [0, 0.1) is 0 Å². The van der Waals surface area contributed by atoms with Crippen LogP contribution >= 0.6 is 0 Å². The first-order valence-corrected chi connectivity index (χ1v) is 3.85.